The zero-order chi connectivity index (χ0) is 19.3. The Hall–Kier alpha value is -1.44. The zero-order valence-electron chi connectivity index (χ0n) is 15.9. The van der Waals surface area contributed by atoms with E-state index in [9.17, 15) is 13.2 Å². The number of benzene rings is 1. The number of nitrogens with two attached hydrogens (primary N) is 1. The lowest BCUT2D eigenvalue weighted by Crippen LogP contribution is -2.43. The summed E-state index contributed by atoms with van der Waals surface area (Å²) in [5, 5.41) is 8.10. The fourth-order valence-corrected chi connectivity index (χ4v) is 5.05. The van der Waals surface area contributed by atoms with Crippen LogP contribution in [0, 0.1) is 5.92 Å². The molecular formula is C20H31N3O3S. The van der Waals surface area contributed by atoms with Crippen LogP contribution in [0.15, 0.2) is 29.2 Å². The first-order valence-corrected chi connectivity index (χ1v) is 11.6. The van der Waals surface area contributed by atoms with Gasteiger partial charge in [-0.25, -0.2) is 13.6 Å². The molecule has 1 aromatic carbocycles. The summed E-state index contributed by atoms with van der Waals surface area (Å²) in [6, 6.07) is 7.08. The maximum absolute atomic E-state index is 12.4. The number of hydrogen-bond donors (Lipinski definition) is 2. The molecule has 0 aromatic heterocycles. The number of likely N-dealkylation sites (tertiary alicyclic amines) is 1. The van der Waals surface area contributed by atoms with Crippen LogP contribution in [0.5, 0.6) is 0 Å². The van der Waals surface area contributed by atoms with E-state index in [0.717, 1.165) is 18.0 Å². The topological polar surface area (TPSA) is 92.5 Å². The predicted molar refractivity (Wildman–Crippen MR) is 106 cm³/mol. The molecule has 1 aromatic rings. The lowest BCUT2D eigenvalue weighted by atomic mass is 9.83. The van der Waals surface area contributed by atoms with Gasteiger partial charge in [-0.15, -0.1) is 0 Å². The molecule has 1 amide bonds. The molecule has 6 nitrogen and oxygen atoms in total. The molecule has 1 saturated heterocycles. The van der Waals surface area contributed by atoms with Gasteiger partial charge in [-0.2, -0.15) is 0 Å². The first-order valence-electron chi connectivity index (χ1n) is 10.1. The summed E-state index contributed by atoms with van der Waals surface area (Å²) in [4.78, 5) is 14.8. The Morgan fingerprint density at radius 2 is 1.78 bits per heavy atom. The van der Waals surface area contributed by atoms with E-state index in [1.165, 1.54) is 57.1 Å². The summed E-state index contributed by atoms with van der Waals surface area (Å²) < 4.78 is 22.5. The van der Waals surface area contributed by atoms with Gasteiger partial charge in [0.1, 0.15) is 0 Å². The molecule has 27 heavy (non-hydrogen) atoms. The average molecular weight is 394 g/mol. The van der Waals surface area contributed by atoms with Gasteiger partial charge >= 0.3 is 0 Å². The van der Waals surface area contributed by atoms with Crippen molar-refractivity contribution >= 4 is 15.9 Å². The molecule has 7 heteroatoms. The number of carbonyl (C=O) groups is 1. The van der Waals surface area contributed by atoms with Crippen LogP contribution >= 0.6 is 0 Å². The van der Waals surface area contributed by atoms with Crippen molar-refractivity contribution in [2.24, 2.45) is 11.1 Å². The van der Waals surface area contributed by atoms with E-state index in [1.54, 1.807) is 12.1 Å². The van der Waals surface area contributed by atoms with Crippen molar-refractivity contribution in [2.75, 3.05) is 19.6 Å². The van der Waals surface area contributed by atoms with Crippen LogP contribution in [-0.4, -0.2) is 44.9 Å². The maximum atomic E-state index is 12.4. The van der Waals surface area contributed by atoms with Gasteiger partial charge in [0.25, 0.3) is 0 Å². The highest BCUT2D eigenvalue weighted by Gasteiger charge is 2.33. The quantitative estimate of drug-likeness (QED) is 0.741. The average Bonchev–Trinajstić information content (AvgIpc) is 3.10. The van der Waals surface area contributed by atoms with Gasteiger partial charge in [0, 0.05) is 12.6 Å². The van der Waals surface area contributed by atoms with Gasteiger partial charge in [0.15, 0.2) is 0 Å². The summed E-state index contributed by atoms with van der Waals surface area (Å²) in [5.41, 5.74) is 0.976. The summed E-state index contributed by atoms with van der Waals surface area (Å²) in [6.45, 7) is 2.07. The molecule has 0 bridgehead atoms. The number of primary sulfonamides is 1. The molecule has 2 fully saturated rings. The summed E-state index contributed by atoms with van der Waals surface area (Å²) in [7, 11) is -3.66. The predicted octanol–water partition coefficient (Wildman–Crippen LogP) is 2.04. The molecule has 1 aliphatic carbocycles. The Morgan fingerprint density at radius 1 is 1.07 bits per heavy atom. The van der Waals surface area contributed by atoms with E-state index in [2.05, 4.69) is 10.2 Å². The highest BCUT2D eigenvalue weighted by atomic mass is 32.2. The van der Waals surface area contributed by atoms with Crippen LogP contribution in [0.25, 0.3) is 0 Å². The number of amides is 1. The second-order valence-corrected chi connectivity index (χ2v) is 9.43. The minimum atomic E-state index is -3.66. The maximum Gasteiger partial charge on any atom is 0.238 e. The smallest absolute Gasteiger partial charge is 0.238 e. The summed E-state index contributed by atoms with van der Waals surface area (Å²) in [5.74, 6) is 0.852. The van der Waals surface area contributed by atoms with E-state index in [1.807, 2.05) is 0 Å². The Balaban J connectivity index is 1.42. The van der Waals surface area contributed by atoms with E-state index in [-0.39, 0.29) is 10.8 Å². The van der Waals surface area contributed by atoms with Crippen LogP contribution in [0.2, 0.25) is 0 Å². The molecule has 1 atom stereocenters. The Kier molecular flexibility index (Phi) is 6.89. The third-order valence-electron chi connectivity index (χ3n) is 5.94. The van der Waals surface area contributed by atoms with Crippen molar-refractivity contribution in [3.63, 3.8) is 0 Å². The molecule has 0 spiro atoms. The molecule has 150 valence electrons. The molecule has 0 radical (unpaired) electrons. The second kappa shape index (κ2) is 9.17. The Labute approximate surface area is 162 Å². The van der Waals surface area contributed by atoms with Gasteiger partial charge in [-0.1, -0.05) is 31.4 Å². The first kappa shape index (κ1) is 20.3. The van der Waals surface area contributed by atoms with Gasteiger partial charge < -0.3 is 5.32 Å². The van der Waals surface area contributed by atoms with Gasteiger partial charge in [0.05, 0.1) is 11.4 Å². The third kappa shape index (κ3) is 5.77. The number of nitrogens with one attached hydrogen (secondary N) is 1. The van der Waals surface area contributed by atoms with Gasteiger partial charge in [-0.3, -0.25) is 9.69 Å². The van der Waals surface area contributed by atoms with E-state index in [0.29, 0.717) is 25.6 Å². The number of hydrogen-bond acceptors (Lipinski definition) is 4. The molecule has 2 aliphatic rings. The van der Waals surface area contributed by atoms with Crippen molar-refractivity contribution in [2.45, 2.75) is 62.3 Å². The highest BCUT2D eigenvalue weighted by Crippen LogP contribution is 2.33. The normalized spacial score (nSPS) is 22.0. The third-order valence-corrected chi connectivity index (χ3v) is 6.87. The van der Waals surface area contributed by atoms with Crippen LogP contribution < -0.4 is 10.5 Å². The van der Waals surface area contributed by atoms with E-state index >= 15 is 0 Å². The van der Waals surface area contributed by atoms with Crippen LogP contribution in [0.3, 0.4) is 0 Å². The van der Waals surface area contributed by atoms with Crippen LogP contribution in [0.4, 0.5) is 0 Å². The molecule has 3 N–H and O–H groups in total. The lowest BCUT2D eigenvalue weighted by molar-refractivity contribution is -0.122. The Morgan fingerprint density at radius 3 is 2.44 bits per heavy atom. The monoisotopic (exact) mass is 393 g/mol. The molecular weight excluding hydrogens is 362 g/mol. The van der Waals surface area contributed by atoms with Gasteiger partial charge in [-0.05, 0) is 62.3 Å². The number of nitrogens with zero attached hydrogens (tertiary/aromatic N) is 1. The van der Waals surface area contributed by atoms with Crippen molar-refractivity contribution < 1.29 is 13.2 Å². The fraction of sp³-hybridized carbons (Fsp3) is 0.650. The van der Waals surface area contributed by atoms with Crippen molar-refractivity contribution in [3.8, 4) is 0 Å². The van der Waals surface area contributed by atoms with E-state index < -0.39 is 10.0 Å². The highest BCUT2D eigenvalue weighted by molar-refractivity contribution is 7.89. The molecule has 1 aliphatic heterocycles. The fourth-order valence-electron chi connectivity index (χ4n) is 4.53. The van der Waals surface area contributed by atoms with Crippen molar-refractivity contribution in [1.82, 2.24) is 10.2 Å². The number of rotatable bonds is 7. The Bertz CT molecular complexity index is 727. The number of sulfonamides is 1. The minimum Gasteiger partial charge on any atom is -0.355 e. The zero-order valence-corrected chi connectivity index (χ0v) is 16.7. The molecule has 3 rings (SSSR count). The van der Waals surface area contributed by atoms with Crippen molar-refractivity contribution in [3.05, 3.63) is 29.8 Å². The lowest BCUT2D eigenvalue weighted by Gasteiger charge is -2.33. The van der Waals surface area contributed by atoms with Crippen LogP contribution in [-0.2, 0) is 21.2 Å². The van der Waals surface area contributed by atoms with E-state index in [4.69, 9.17) is 5.14 Å². The molecule has 1 saturated carbocycles. The second-order valence-electron chi connectivity index (χ2n) is 7.87. The minimum absolute atomic E-state index is 0.0823. The standard InChI is InChI=1S/C20H31N3O3S/c21-27(25,26)18-10-8-16(9-11-18)12-13-22-20(24)15-23-14-4-7-19(23)17-5-2-1-3-6-17/h8-11,17,19H,1-7,12-15H2,(H,22,24)(H2,21,25,26). The first-order chi connectivity index (χ1) is 12.9. The molecule has 1 unspecified atom stereocenters. The van der Waals surface area contributed by atoms with Gasteiger partial charge in [0.2, 0.25) is 15.9 Å². The van der Waals surface area contributed by atoms with Crippen LogP contribution in [0.1, 0.15) is 50.5 Å². The largest absolute Gasteiger partial charge is 0.355 e. The summed E-state index contributed by atoms with van der Waals surface area (Å²) >= 11 is 0. The SMILES string of the molecule is NS(=O)(=O)c1ccc(CCNC(=O)CN2CCCC2C2CCCCC2)cc1. The van der Waals surface area contributed by atoms with Crippen molar-refractivity contribution in [1.29, 1.82) is 0 Å². The summed E-state index contributed by atoms with van der Waals surface area (Å²) in [6.07, 6.45) is 9.77. The molecule has 1 heterocycles. The number of carbonyl (C=O) groups excluding carboxylic acids is 1.